The maximum atomic E-state index is 12.5. The lowest BCUT2D eigenvalue weighted by atomic mass is 9.75. The smallest absolute Gasteiger partial charge is 0.192 e. The zero-order chi connectivity index (χ0) is 14.1. The first-order chi connectivity index (χ1) is 9.68. The molecule has 2 aliphatic carbocycles. The van der Waals surface area contributed by atoms with Crippen molar-refractivity contribution in [2.24, 2.45) is 11.8 Å². The highest BCUT2D eigenvalue weighted by molar-refractivity contribution is 6.16. The fourth-order valence-electron chi connectivity index (χ4n) is 2.97. The van der Waals surface area contributed by atoms with Gasteiger partial charge >= 0.3 is 0 Å². The summed E-state index contributed by atoms with van der Waals surface area (Å²) in [5, 5.41) is 10.2. The van der Waals surface area contributed by atoms with Gasteiger partial charge in [-0.1, -0.05) is 48.6 Å². The van der Waals surface area contributed by atoms with Crippen molar-refractivity contribution in [2.45, 2.75) is 18.9 Å². The number of hydrogen-bond donors (Lipinski definition) is 1. The predicted octanol–water partition coefficient (Wildman–Crippen LogP) is 2.57. The molecule has 0 saturated heterocycles. The van der Waals surface area contributed by atoms with E-state index in [1.54, 1.807) is 24.3 Å². The molecule has 102 valence electrons. The SMILES string of the molecule is O=C1c2ccccc2C(=O)C(CC2C=CC=CC2)C1O. The van der Waals surface area contributed by atoms with Crippen LogP contribution in [0.25, 0.3) is 0 Å². The molecule has 1 aromatic carbocycles. The number of fused-ring (bicyclic) bond motifs is 1. The molecule has 0 fully saturated rings. The topological polar surface area (TPSA) is 54.4 Å². The Kier molecular flexibility index (Phi) is 3.36. The van der Waals surface area contributed by atoms with Gasteiger partial charge in [-0.15, -0.1) is 0 Å². The van der Waals surface area contributed by atoms with E-state index < -0.39 is 12.0 Å². The summed E-state index contributed by atoms with van der Waals surface area (Å²) in [6, 6.07) is 6.75. The van der Waals surface area contributed by atoms with E-state index in [-0.39, 0.29) is 17.5 Å². The fraction of sp³-hybridized carbons (Fsp3) is 0.294. The third-order valence-electron chi connectivity index (χ3n) is 4.07. The zero-order valence-electron chi connectivity index (χ0n) is 11.0. The molecule has 3 unspecified atom stereocenters. The van der Waals surface area contributed by atoms with Crippen LogP contribution in [0.1, 0.15) is 33.6 Å². The van der Waals surface area contributed by atoms with Crippen LogP contribution in [0.3, 0.4) is 0 Å². The van der Waals surface area contributed by atoms with Crippen molar-refractivity contribution in [3.63, 3.8) is 0 Å². The third-order valence-corrected chi connectivity index (χ3v) is 4.07. The number of rotatable bonds is 2. The van der Waals surface area contributed by atoms with Crippen molar-refractivity contribution in [2.75, 3.05) is 0 Å². The van der Waals surface area contributed by atoms with E-state index in [9.17, 15) is 14.7 Å². The average Bonchev–Trinajstić information content (AvgIpc) is 2.50. The van der Waals surface area contributed by atoms with E-state index >= 15 is 0 Å². The van der Waals surface area contributed by atoms with Crippen molar-refractivity contribution < 1.29 is 14.7 Å². The molecule has 0 aliphatic heterocycles. The number of Topliss-reactive ketones (excluding diaryl/α,β-unsaturated/α-hetero) is 2. The molecule has 20 heavy (non-hydrogen) atoms. The standard InChI is InChI=1S/C17H16O3/c18-15-12-8-4-5-9-13(12)16(19)17(20)14(15)10-11-6-2-1-3-7-11/h1-6,8-9,11,14,17,20H,7,10H2. The van der Waals surface area contributed by atoms with Crippen molar-refractivity contribution in [1.29, 1.82) is 0 Å². The Morgan fingerprint density at radius 2 is 1.75 bits per heavy atom. The first-order valence-electron chi connectivity index (χ1n) is 6.87. The number of benzene rings is 1. The van der Waals surface area contributed by atoms with Crippen molar-refractivity contribution in [3.8, 4) is 0 Å². The lowest BCUT2D eigenvalue weighted by Crippen LogP contribution is -2.41. The molecule has 2 aliphatic rings. The average molecular weight is 268 g/mol. The molecule has 0 aromatic heterocycles. The Morgan fingerprint density at radius 3 is 2.40 bits per heavy atom. The van der Waals surface area contributed by atoms with Crippen molar-refractivity contribution in [3.05, 3.63) is 59.7 Å². The Bertz CT molecular complexity index is 612. The maximum Gasteiger partial charge on any atom is 0.192 e. The third kappa shape index (κ3) is 2.14. The number of aliphatic hydroxyl groups is 1. The fourth-order valence-corrected chi connectivity index (χ4v) is 2.97. The summed E-state index contributed by atoms with van der Waals surface area (Å²) in [6.07, 6.45) is 8.14. The second-order valence-electron chi connectivity index (χ2n) is 5.37. The summed E-state index contributed by atoms with van der Waals surface area (Å²) >= 11 is 0. The number of carbonyl (C=O) groups is 2. The van der Waals surface area contributed by atoms with Gasteiger partial charge in [-0.05, 0) is 18.8 Å². The lowest BCUT2D eigenvalue weighted by Gasteiger charge is -2.29. The molecule has 3 rings (SSSR count). The van der Waals surface area contributed by atoms with Crippen LogP contribution in [-0.4, -0.2) is 22.8 Å². The van der Waals surface area contributed by atoms with E-state index in [1.165, 1.54) is 0 Å². The molecule has 1 aromatic rings. The molecule has 0 saturated carbocycles. The van der Waals surface area contributed by atoms with Crippen molar-refractivity contribution >= 4 is 11.6 Å². The minimum atomic E-state index is -1.21. The van der Waals surface area contributed by atoms with Crippen LogP contribution in [0, 0.1) is 11.8 Å². The van der Waals surface area contributed by atoms with Crippen LogP contribution in [-0.2, 0) is 0 Å². The summed E-state index contributed by atoms with van der Waals surface area (Å²) in [5.41, 5.74) is 0.795. The molecule has 0 heterocycles. The number of hydrogen-bond acceptors (Lipinski definition) is 3. The molecule has 0 bridgehead atoms. The van der Waals surface area contributed by atoms with Crippen LogP contribution in [0.15, 0.2) is 48.6 Å². The largest absolute Gasteiger partial charge is 0.384 e. The van der Waals surface area contributed by atoms with Gasteiger partial charge in [0, 0.05) is 11.1 Å². The molecule has 3 heteroatoms. The second kappa shape index (κ2) is 5.17. The van der Waals surface area contributed by atoms with Gasteiger partial charge in [0.05, 0.1) is 5.92 Å². The lowest BCUT2D eigenvalue weighted by molar-refractivity contribution is 0.0470. The molecule has 3 atom stereocenters. The number of allylic oxidation sites excluding steroid dienone is 4. The van der Waals surface area contributed by atoms with Gasteiger partial charge < -0.3 is 5.11 Å². The number of carbonyl (C=O) groups excluding carboxylic acids is 2. The minimum absolute atomic E-state index is 0.115. The van der Waals surface area contributed by atoms with Gasteiger partial charge in [-0.2, -0.15) is 0 Å². The van der Waals surface area contributed by atoms with Crippen LogP contribution in [0.5, 0.6) is 0 Å². The number of aliphatic hydroxyl groups excluding tert-OH is 1. The van der Waals surface area contributed by atoms with Gasteiger partial charge in [-0.3, -0.25) is 9.59 Å². The van der Waals surface area contributed by atoms with Gasteiger partial charge in [0.15, 0.2) is 11.6 Å². The van der Waals surface area contributed by atoms with Gasteiger partial charge in [-0.25, -0.2) is 0 Å². The Labute approximate surface area is 117 Å². The summed E-state index contributed by atoms with van der Waals surface area (Å²) in [7, 11) is 0. The highest BCUT2D eigenvalue weighted by Crippen LogP contribution is 2.32. The summed E-state index contributed by atoms with van der Waals surface area (Å²) in [6.45, 7) is 0. The monoisotopic (exact) mass is 268 g/mol. The zero-order valence-corrected chi connectivity index (χ0v) is 11.0. The van der Waals surface area contributed by atoms with Crippen molar-refractivity contribution in [1.82, 2.24) is 0 Å². The van der Waals surface area contributed by atoms with Crippen LogP contribution < -0.4 is 0 Å². The van der Waals surface area contributed by atoms with E-state index in [0.717, 1.165) is 6.42 Å². The predicted molar refractivity (Wildman–Crippen MR) is 75.6 cm³/mol. The Hall–Kier alpha value is -2.00. The van der Waals surface area contributed by atoms with Crippen LogP contribution >= 0.6 is 0 Å². The highest BCUT2D eigenvalue weighted by atomic mass is 16.3. The molecule has 3 nitrogen and oxygen atoms in total. The highest BCUT2D eigenvalue weighted by Gasteiger charge is 2.40. The molecular weight excluding hydrogens is 252 g/mol. The number of ketones is 2. The normalized spacial score (nSPS) is 28.6. The first-order valence-corrected chi connectivity index (χ1v) is 6.87. The maximum absolute atomic E-state index is 12.5. The van der Waals surface area contributed by atoms with Gasteiger partial charge in [0.2, 0.25) is 0 Å². The minimum Gasteiger partial charge on any atom is -0.384 e. The first kappa shape index (κ1) is 13.0. The Morgan fingerprint density at radius 1 is 1.05 bits per heavy atom. The van der Waals surface area contributed by atoms with E-state index in [1.807, 2.05) is 24.3 Å². The van der Waals surface area contributed by atoms with E-state index in [4.69, 9.17) is 0 Å². The second-order valence-corrected chi connectivity index (χ2v) is 5.37. The summed E-state index contributed by atoms with van der Waals surface area (Å²) in [5.74, 6) is -0.864. The molecule has 1 N–H and O–H groups in total. The Balaban J connectivity index is 1.89. The molecule has 0 amide bonds. The van der Waals surface area contributed by atoms with Gasteiger partial charge in [0.25, 0.3) is 0 Å². The molecule has 0 spiro atoms. The van der Waals surface area contributed by atoms with Crippen LogP contribution in [0.4, 0.5) is 0 Å². The molecule has 0 radical (unpaired) electrons. The summed E-state index contributed by atoms with van der Waals surface area (Å²) in [4.78, 5) is 24.7. The quantitative estimate of drug-likeness (QED) is 0.896. The van der Waals surface area contributed by atoms with E-state index in [0.29, 0.717) is 17.5 Å². The van der Waals surface area contributed by atoms with E-state index in [2.05, 4.69) is 0 Å². The van der Waals surface area contributed by atoms with Gasteiger partial charge in [0.1, 0.15) is 6.10 Å². The van der Waals surface area contributed by atoms with Crippen LogP contribution in [0.2, 0.25) is 0 Å². The summed E-state index contributed by atoms with van der Waals surface area (Å²) < 4.78 is 0. The molecular formula is C17H16O3.